The molecule has 0 aliphatic carbocycles. The molecule has 0 aliphatic heterocycles. The Morgan fingerprint density at radius 1 is 1.16 bits per heavy atom. The molecule has 0 spiro atoms. The molecule has 1 N–H and O–H groups in total. The molecular weight excluding hydrogens is 322 g/mol. The number of benzene rings is 2. The van der Waals surface area contributed by atoms with Gasteiger partial charge in [0.05, 0.1) is 5.25 Å². The Hall–Kier alpha value is -1.26. The highest BCUT2D eigenvalue weighted by Gasteiger charge is 2.14. The van der Waals surface area contributed by atoms with Crippen LogP contribution in [0, 0.1) is 0 Å². The predicted octanol–water partition coefficient (Wildman–Crippen LogP) is 4.57. The van der Waals surface area contributed by atoms with Crippen molar-refractivity contribution in [2.75, 3.05) is 5.32 Å². The minimum Gasteiger partial charge on any atom is -0.325 e. The fourth-order valence-electron chi connectivity index (χ4n) is 1.57. The van der Waals surface area contributed by atoms with Crippen molar-refractivity contribution in [3.8, 4) is 0 Å². The first-order chi connectivity index (χ1) is 9.15. The maximum atomic E-state index is 12.1. The van der Waals surface area contributed by atoms with E-state index in [0.717, 1.165) is 15.1 Å². The number of carbonyl (C=O) groups excluding carboxylic acids is 1. The molecule has 2 nitrogen and oxygen atoms in total. The van der Waals surface area contributed by atoms with Gasteiger partial charge in [-0.15, -0.1) is 11.8 Å². The fraction of sp³-hybridized carbons (Fsp3) is 0.133. The number of carbonyl (C=O) groups is 1. The van der Waals surface area contributed by atoms with Gasteiger partial charge in [0.15, 0.2) is 0 Å². The molecule has 1 amide bonds. The van der Waals surface area contributed by atoms with Crippen molar-refractivity contribution in [3.63, 3.8) is 0 Å². The Balaban J connectivity index is 1.96. The molecule has 0 radical (unpaired) electrons. The summed E-state index contributed by atoms with van der Waals surface area (Å²) in [7, 11) is 0. The van der Waals surface area contributed by atoms with E-state index in [0.29, 0.717) is 0 Å². The lowest BCUT2D eigenvalue weighted by Gasteiger charge is -2.12. The normalized spacial score (nSPS) is 11.9. The molecular formula is C15H14BrNOS. The quantitative estimate of drug-likeness (QED) is 0.829. The van der Waals surface area contributed by atoms with E-state index in [1.165, 1.54) is 0 Å². The molecule has 0 bridgehead atoms. The lowest BCUT2D eigenvalue weighted by atomic mass is 10.3. The Labute approximate surface area is 125 Å². The van der Waals surface area contributed by atoms with Crippen LogP contribution in [0.3, 0.4) is 0 Å². The van der Waals surface area contributed by atoms with Crippen molar-refractivity contribution < 1.29 is 4.79 Å². The van der Waals surface area contributed by atoms with Crippen LogP contribution >= 0.6 is 27.7 Å². The molecule has 0 aromatic heterocycles. The number of anilines is 1. The number of hydrogen-bond donors (Lipinski definition) is 1. The summed E-state index contributed by atoms with van der Waals surface area (Å²) in [5, 5.41) is 2.78. The number of rotatable bonds is 4. The van der Waals surface area contributed by atoms with Gasteiger partial charge >= 0.3 is 0 Å². The number of hydrogen-bond acceptors (Lipinski definition) is 2. The van der Waals surface area contributed by atoms with Crippen LogP contribution in [0.4, 0.5) is 5.69 Å². The average molecular weight is 336 g/mol. The summed E-state index contributed by atoms with van der Waals surface area (Å²) in [5.41, 5.74) is 0.805. The molecule has 98 valence electrons. The molecule has 0 saturated heterocycles. The van der Waals surface area contributed by atoms with Crippen LogP contribution < -0.4 is 5.32 Å². The molecule has 1 atom stereocenters. The Morgan fingerprint density at radius 2 is 1.89 bits per heavy atom. The van der Waals surface area contributed by atoms with Crippen LogP contribution in [0.25, 0.3) is 0 Å². The fourth-order valence-corrected chi connectivity index (χ4v) is 2.85. The summed E-state index contributed by atoms with van der Waals surface area (Å²) < 4.78 is 0.952. The van der Waals surface area contributed by atoms with Crippen LogP contribution in [0.2, 0.25) is 0 Å². The van der Waals surface area contributed by atoms with Crippen molar-refractivity contribution in [2.24, 2.45) is 0 Å². The van der Waals surface area contributed by atoms with Gasteiger partial charge < -0.3 is 5.32 Å². The molecule has 2 aromatic carbocycles. The van der Waals surface area contributed by atoms with Gasteiger partial charge in [-0.2, -0.15) is 0 Å². The van der Waals surface area contributed by atoms with E-state index in [1.54, 1.807) is 11.8 Å². The Morgan fingerprint density at radius 3 is 2.58 bits per heavy atom. The first kappa shape index (κ1) is 14.2. The molecule has 0 aliphatic rings. The van der Waals surface area contributed by atoms with E-state index >= 15 is 0 Å². The third kappa shape index (κ3) is 4.40. The largest absolute Gasteiger partial charge is 0.325 e. The summed E-state index contributed by atoms with van der Waals surface area (Å²) >= 11 is 4.94. The first-order valence-corrected chi connectivity index (χ1v) is 7.60. The van der Waals surface area contributed by atoms with Gasteiger partial charge in [-0.05, 0) is 37.3 Å². The average Bonchev–Trinajstić information content (AvgIpc) is 2.40. The van der Waals surface area contributed by atoms with Gasteiger partial charge in [0, 0.05) is 15.1 Å². The highest BCUT2D eigenvalue weighted by molar-refractivity contribution is 9.10. The van der Waals surface area contributed by atoms with Gasteiger partial charge in [-0.3, -0.25) is 4.79 Å². The number of amides is 1. The zero-order valence-electron chi connectivity index (χ0n) is 10.5. The van der Waals surface area contributed by atoms with Crippen molar-refractivity contribution in [2.45, 2.75) is 17.1 Å². The molecule has 0 fully saturated rings. The molecule has 0 saturated carbocycles. The van der Waals surface area contributed by atoms with Gasteiger partial charge in [-0.25, -0.2) is 0 Å². The lowest BCUT2D eigenvalue weighted by Crippen LogP contribution is -2.22. The highest BCUT2D eigenvalue weighted by Crippen LogP contribution is 2.24. The summed E-state index contributed by atoms with van der Waals surface area (Å²) in [6, 6.07) is 17.5. The van der Waals surface area contributed by atoms with Gasteiger partial charge in [-0.1, -0.05) is 40.2 Å². The standard InChI is InChI=1S/C15H14BrNOS/c1-11(19-14-8-3-2-4-9-14)15(18)17-13-7-5-6-12(16)10-13/h2-11H,1H3,(H,17,18). The zero-order valence-corrected chi connectivity index (χ0v) is 12.9. The topological polar surface area (TPSA) is 29.1 Å². The van der Waals surface area contributed by atoms with E-state index < -0.39 is 0 Å². The SMILES string of the molecule is CC(Sc1ccccc1)C(=O)Nc1cccc(Br)c1. The number of nitrogens with one attached hydrogen (secondary N) is 1. The monoisotopic (exact) mass is 335 g/mol. The Bertz CT molecular complexity index is 559. The third-order valence-electron chi connectivity index (χ3n) is 2.52. The van der Waals surface area contributed by atoms with Crippen molar-refractivity contribution in [1.29, 1.82) is 0 Å². The molecule has 2 aromatic rings. The summed E-state index contributed by atoms with van der Waals surface area (Å²) in [4.78, 5) is 13.2. The van der Waals surface area contributed by atoms with Crippen LogP contribution in [-0.4, -0.2) is 11.2 Å². The van der Waals surface area contributed by atoms with E-state index in [4.69, 9.17) is 0 Å². The van der Waals surface area contributed by atoms with Crippen molar-refractivity contribution >= 4 is 39.3 Å². The van der Waals surface area contributed by atoms with Crippen molar-refractivity contribution in [1.82, 2.24) is 0 Å². The molecule has 0 heterocycles. The first-order valence-electron chi connectivity index (χ1n) is 5.93. The molecule has 1 unspecified atom stereocenters. The van der Waals surface area contributed by atoms with Gasteiger partial charge in [0.2, 0.25) is 5.91 Å². The van der Waals surface area contributed by atoms with E-state index in [-0.39, 0.29) is 11.2 Å². The summed E-state index contributed by atoms with van der Waals surface area (Å²) in [6.45, 7) is 1.91. The highest BCUT2D eigenvalue weighted by atomic mass is 79.9. The van der Waals surface area contributed by atoms with Crippen molar-refractivity contribution in [3.05, 3.63) is 59.1 Å². The lowest BCUT2D eigenvalue weighted by molar-refractivity contribution is -0.115. The van der Waals surface area contributed by atoms with Crippen LogP contribution in [0.5, 0.6) is 0 Å². The van der Waals surface area contributed by atoms with Crippen LogP contribution in [0.15, 0.2) is 64.0 Å². The van der Waals surface area contributed by atoms with E-state index in [1.807, 2.05) is 61.5 Å². The Kier molecular flexibility index (Phi) is 5.05. The summed E-state index contributed by atoms with van der Waals surface area (Å²) in [5.74, 6) is 0.00644. The maximum absolute atomic E-state index is 12.1. The van der Waals surface area contributed by atoms with E-state index in [2.05, 4.69) is 21.2 Å². The third-order valence-corrected chi connectivity index (χ3v) is 4.12. The minimum absolute atomic E-state index is 0.00644. The zero-order chi connectivity index (χ0) is 13.7. The molecule has 2 rings (SSSR count). The second kappa shape index (κ2) is 6.78. The van der Waals surface area contributed by atoms with Crippen LogP contribution in [-0.2, 0) is 4.79 Å². The predicted molar refractivity (Wildman–Crippen MR) is 84.5 cm³/mol. The van der Waals surface area contributed by atoms with Gasteiger partial charge in [0.1, 0.15) is 0 Å². The molecule has 4 heteroatoms. The molecule has 19 heavy (non-hydrogen) atoms. The maximum Gasteiger partial charge on any atom is 0.237 e. The minimum atomic E-state index is -0.138. The second-order valence-corrected chi connectivity index (χ2v) is 6.40. The van der Waals surface area contributed by atoms with E-state index in [9.17, 15) is 4.79 Å². The van der Waals surface area contributed by atoms with Crippen LogP contribution in [0.1, 0.15) is 6.92 Å². The van der Waals surface area contributed by atoms with Gasteiger partial charge in [0.25, 0.3) is 0 Å². The number of thioether (sulfide) groups is 1. The number of halogens is 1. The smallest absolute Gasteiger partial charge is 0.237 e. The summed E-state index contributed by atoms with van der Waals surface area (Å²) in [6.07, 6.45) is 0. The second-order valence-electron chi connectivity index (χ2n) is 4.07.